The topological polar surface area (TPSA) is 78.9 Å². The number of hydrogen-bond acceptors (Lipinski definition) is 3. The number of likely N-dealkylation sites (tertiary alicyclic amines) is 1. The third-order valence-electron chi connectivity index (χ3n) is 4.24. The molecule has 5 nitrogen and oxygen atoms in total. The van der Waals surface area contributed by atoms with Crippen molar-refractivity contribution < 1.29 is 10.0 Å². The van der Waals surface area contributed by atoms with Crippen LogP contribution in [0.5, 0.6) is 0 Å². The minimum atomic E-state index is 0.0243. The van der Waals surface area contributed by atoms with Crippen molar-refractivity contribution in [3.05, 3.63) is 0 Å². The van der Waals surface area contributed by atoms with Crippen LogP contribution in [0.25, 0.3) is 0 Å². The van der Waals surface area contributed by atoms with Gasteiger partial charge in [-0.25, -0.2) is 0 Å². The highest BCUT2D eigenvalue weighted by Crippen LogP contribution is 2.26. The molecule has 0 spiro atoms. The molecule has 1 aliphatic heterocycles. The highest BCUT2D eigenvalue weighted by molar-refractivity contribution is 5.86. The van der Waals surface area contributed by atoms with Gasteiger partial charge in [-0.3, -0.25) is 4.79 Å². The summed E-state index contributed by atoms with van der Waals surface area (Å²) in [5, 5.41) is 11.8. The number of piperidine rings is 1. The van der Waals surface area contributed by atoms with Gasteiger partial charge in [-0.15, -0.1) is 0 Å². The first kappa shape index (κ1) is 13.2. The molecule has 3 N–H and O–H groups in total. The van der Waals surface area contributed by atoms with Crippen LogP contribution in [0.4, 0.5) is 0 Å². The number of amides is 1. The van der Waals surface area contributed by atoms with E-state index in [9.17, 15) is 4.79 Å². The number of oxime groups is 1. The van der Waals surface area contributed by atoms with Gasteiger partial charge in [0.2, 0.25) is 5.91 Å². The third-order valence-corrected chi connectivity index (χ3v) is 4.24. The van der Waals surface area contributed by atoms with Crippen LogP contribution in [-0.2, 0) is 4.79 Å². The monoisotopic (exact) mass is 253 g/mol. The Labute approximate surface area is 108 Å². The number of nitrogens with zero attached hydrogens (tertiary/aromatic N) is 2. The summed E-state index contributed by atoms with van der Waals surface area (Å²) in [6, 6.07) is 0. The van der Waals surface area contributed by atoms with Crippen molar-refractivity contribution in [2.45, 2.75) is 44.9 Å². The lowest BCUT2D eigenvalue weighted by atomic mass is 9.87. The molecule has 1 heterocycles. The van der Waals surface area contributed by atoms with Gasteiger partial charge in [0.05, 0.1) is 0 Å². The van der Waals surface area contributed by atoms with E-state index in [1.807, 2.05) is 4.90 Å². The van der Waals surface area contributed by atoms with Crippen LogP contribution < -0.4 is 5.73 Å². The van der Waals surface area contributed by atoms with Gasteiger partial charge in [-0.1, -0.05) is 24.4 Å². The molecule has 1 amide bonds. The van der Waals surface area contributed by atoms with Crippen LogP contribution >= 0.6 is 0 Å². The smallest absolute Gasteiger partial charge is 0.222 e. The zero-order chi connectivity index (χ0) is 13.0. The Kier molecular flexibility index (Phi) is 4.44. The van der Waals surface area contributed by atoms with Crippen LogP contribution in [0.15, 0.2) is 5.16 Å². The van der Waals surface area contributed by atoms with E-state index in [-0.39, 0.29) is 17.7 Å². The van der Waals surface area contributed by atoms with E-state index in [2.05, 4.69) is 5.16 Å². The molecule has 0 aromatic rings. The summed E-state index contributed by atoms with van der Waals surface area (Å²) >= 11 is 0. The van der Waals surface area contributed by atoms with Gasteiger partial charge in [0, 0.05) is 25.4 Å². The standard InChI is InChI=1S/C13H23N3O2/c14-13(15-18)11-6-7-12(17)16(9-11)8-10-4-2-1-3-5-10/h10-11,18H,1-9H2,(H2,14,15). The first-order chi connectivity index (χ1) is 8.70. The second kappa shape index (κ2) is 6.07. The summed E-state index contributed by atoms with van der Waals surface area (Å²) in [6.07, 6.45) is 7.60. The summed E-state index contributed by atoms with van der Waals surface area (Å²) in [6.45, 7) is 1.47. The molecular formula is C13H23N3O2. The molecular weight excluding hydrogens is 230 g/mol. The molecule has 0 radical (unpaired) electrons. The van der Waals surface area contributed by atoms with Gasteiger partial charge < -0.3 is 15.8 Å². The summed E-state index contributed by atoms with van der Waals surface area (Å²) in [4.78, 5) is 13.8. The van der Waals surface area contributed by atoms with Crippen molar-refractivity contribution in [2.75, 3.05) is 13.1 Å². The van der Waals surface area contributed by atoms with Crippen LogP contribution in [0.1, 0.15) is 44.9 Å². The first-order valence-electron chi connectivity index (χ1n) is 6.96. The van der Waals surface area contributed by atoms with Crippen LogP contribution in [0, 0.1) is 11.8 Å². The van der Waals surface area contributed by atoms with Crippen molar-refractivity contribution in [1.29, 1.82) is 0 Å². The Balaban J connectivity index is 1.90. The fourth-order valence-electron chi connectivity index (χ4n) is 3.10. The van der Waals surface area contributed by atoms with E-state index in [0.29, 0.717) is 25.3 Å². The Morgan fingerprint density at radius 1 is 1.33 bits per heavy atom. The molecule has 1 unspecified atom stereocenters. The van der Waals surface area contributed by atoms with Gasteiger partial charge in [-0.05, 0) is 25.2 Å². The second-order valence-corrected chi connectivity index (χ2v) is 5.56. The lowest BCUT2D eigenvalue weighted by Gasteiger charge is -2.35. The average molecular weight is 253 g/mol. The van der Waals surface area contributed by atoms with Crippen LogP contribution in [-0.4, -0.2) is 34.9 Å². The quantitative estimate of drug-likeness (QED) is 0.346. The number of nitrogens with two attached hydrogens (primary N) is 1. The molecule has 1 saturated heterocycles. The maximum absolute atomic E-state index is 11.9. The molecule has 0 aromatic heterocycles. The highest BCUT2D eigenvalue weighted by Gasteiger charge is 2.29. The highest BCUT2D eigenvalue weighted by atomic mass is 16.4. The molecule has 1 saturated carbocycles. The molecule has 1 atom stereocenters. The first-order valence-corrected chi connectivity index (χ1v) is 6.96. The summed E-state index contributed by atoms with van der Waals surface area (Å²) in [5.74, 6) is 1.16. The summed E-state index contributed by atoms with van der Waals surface area (Å²) in [5.41, 5.74) is 5.65. The molecule has 1 aliphatic carbocycles. The SMILES string of the molecule is N/C(=N\O)C1CCC(=O)N(CC2CCCCC2)C1. The maximum atomic E-state index is 11.9. The van der Waals surface area contributed by atoms with Crippen molar-refractivity contribution in [1.82, 2.24) is 4.90 Å². The Morgan fingerprint density at radius 2 is 2.06 bits per heavy atom. The van der Waals surface area contributed by atoms with E-state index in [1.165, 1.54) is 32.1 Å². The number of rotatable bonds is 3. The third kappa shape index (κ3) is 3.15. The van der Waals surface area contributed by atoms with Gasteiger partial charge in [0.1, 0.15) is 5.84 Å². The molecule has 102 valence electrons. The zero-order valence-electron chi connectivity index (χ0n) is 10.8. The van der Waals surface area contributed by atoms with Crippen molar-refractivity contribution in [3.63, 3.8) is 0 Å². The molecule has 0 aromatic carbocycles. The predicted octanol–water partition coefficient (Wildman–Crippen LogP) is 1.55. The van der Waals surface area contributed by atoms with Crippen LogP contribution in [0.2, 0.25) is 0 Å². The number of carbonyl (C=O) groups excluding carboxylic acids is 1. The minimum absolute atomic E-state index is 0.0243. The molecule has 2 rings (SSSR count). The summed E-state index contributed by atoms with van der Waals surface area (Å²) < 4.78 is 0. The number of carbonyl (C=O) groups is 1. The Hall–Kier alpha value is -1.26. The fourth-order valence-corrected chi connectivity index (χ4v) is 3.10. The van der Waals surface area contributed by atoms with Gasteiger partial charge >= 0.3 is 0 Å². The van der Waals surface area contributed by atoms with E-state index in [4.69, 9.17) is 10.9 Å². The molecule has 0 bridgehead atoms. The predicted molar refractivity (Wildman–Crippen MR) is 69.3 cm³/mol. The van der Waals surface area contributed by atoms with Gasteiger partial charge in [0.25, 0.3) is 0 Å². The van der Waals surface area contributed by atoms with Gasteiger partial charge in [-0.2, -0.15) is 0 Å². The van der Waals surface area contributed by atoms with Crippen molar-refractivity contribution in [3.8, 4) is 0 Å². The van der Waals surface area contributed by atoms with Crippen molar-refractivity contribution >= 4 is 11.7 Å². The number of amidine groups is 1. The molecule has 2 fully saturated rings. The van der Waals surface area contributed by atoms with E-state index in [1.54, 1.807) is 0 Å². The van der Waals surface area contributed by atoms with Crippen molar-refractivity contribution in [2.24, 2.45) is 22.7 Å². The van der Waals surface area contributed by atoms with Crippen LogP contribution in [0.3, 0.4) is 0 Å². The molecule has 2 aliphatic rings. The summed E-state index contributed by atoms with van der Waals surface area (Å²) in [7, 11) is 0. The van der Waals surface area contributed by atoms with Gasteiger partial charge in [0.15, 0.2) is 0 Å². The van der Waals surface area contributed by atoms with E-state index >= 15 is 0 Å². The zero-order valence-corrected chi connectivity index (χ0v) is 10.8. The maximum Gasteiger partial charge on any atom is 0.222 e. The second-order valence-electron chi connectivity index (χ2n) is 5.56. The molecule has 5 heteroatoms. The molecule has 18 heavy (non-hydrogen) atoms. The van der Waals surface area contributed by atoms with E-state index < -0.39 is 0 Å². The normalized spacial score (nSPS) is 27.6. The largest absolute Gasteiger partial charge is 0.409 e. The lowest BCUT2D eigenvalue weighted by Crippen LogP contribution is -2.46. The lowest BCUT2D eigenvalue weighted by molar-refractivity contribution is -0.134. The van der Waals surface area contributed by atoms with E-state index in [0.717, 1.165) is 6.54 Å². The Bertz CT molecular complexity index is 324. The minimum Gasteiger partial charge on any atom is -0.409 e. The number of hydrogen-bond donors (Lipinski definition) is 2. The average Bonchev–Trinajstić information content (AvgIpc) is 2.41. The fraction of sp³-hybridized carbons (Fsp3) is 0.846. The Morgan fingerprint density at radius 3 is 2.72 bits per heavy atom.